The van der Waals surface area contributed by atoms with Gasteiger partial charge in [0.25, 0.3) is 11.6 Å². The second-order valence-corrected chi connectivity index (χ2v) is 9.60. The molecule has 1 aliphatic heterocycles. The minimum Gasteiger partial charge on any atom is -0.497 e. The fraction of sp³-hybridized carbons (Fsp3) is 0.120. The number of carbonyl (C=O) groups is 1. The van der Waals surface area contributed by atoms with E-state index in [2.05, 4.69) is 0 Å². The second kappa shape index (κ2) is 10.9. The third-order valence-corrected chi connectivity index (χ3v) is 6.84. The summed E-state index contributed by atoms with van der Waals surface area (Å²) in [5.41, 5.74) is 2.48. The van der Waals surface area contributed by atoms with Crippen molar-refractivity contribution in [3.63, 3.8) is 0 Å². The SMILES string of the molecule is COc1ccc(CN2C(=O)C(=Cc3ccc(OCc4ccc([N+](=O)[O-])cc4)c(Cl)c3)SC2=S)cc1. The van der Waals surface area contributed by atoms with Crippen molar-refractivity contribution in [3.8, 4) is 11.5 Å². The topological polar surface area (TPSA) is 81.9 Å². The average Bonchev–Trinajstić information content (AvgIpc) is 3.11. The second-order valence-electron chi connectivity index (χ2n) is 7.52. The van der Waals surface area contributed by atoms with Crippen LogP contribution in [0.25, 0.3) is 6.08 Å². The molecule has 7 nitrogen and oxygen atoms in total. The first-order valence-electron chi connectivity index (χ1n) is 10.4. The number of benzene rings is 3. The van der Waals surface area contributed by atoms with Crippen molar-refractivity contribution in [1.29, 1.82) is 0 Å². The van der Waals surface area contributed by atoms with Gasteiger partial charge in [-0.25, -0.2) is 0 Å². The summed E-state index contributed by atoms with van der Waals surface area (Å²) in [4.78, 5) is 25.3. The van der Waals surface area contributed by atoms with Crippen LogP contribution in [0.5, 0.6) is 11.5 Å². The van der Waals surface area contributed by atoms with E-state index in [1.807, 2.05) is 24.3 Å². The standard InChI is InChI=1S/C25H19ClN2O5S2/c1-32-20-9-4-16(5-10-20)14-27-24(29)23(35-25(27)34)13-18-6-11-22(21(26)12-18)33-15-17-2-7-19(8-3-17)28(30)31/h2-13H,14-15H2,1H3. The van der Waals surface area contributed by atoms with Gasteiger partial charge in [0.1, 0.15) is 22.4 Å². The van der Waals surface area contributed by atoms with Crippen LogP contribution in [-0.2, 0) is 17.9 Å². The molecular weight excluding hydrogens is 508 g/mol. The zero-order valence-electron chi connectivity index (χ0n) is 18.5. The van der Waals surface area contributed by atoms with E-state index in [0.717, 1.165) is 22.4 Å². The summed E-state index contributed by atoms with van der Waals surface area (Å²) >= 11 is 13.1. The molecular formula is C25H19ClN2O5S2. The molecule has 1 amide bonds. The lowest BCUT2D eigenvalue weighted by Gasteiger charge is -2.14. The summed E-state index contributed by atoms with van der Waals surface area (Å²) in [5.74, 6) is 1.05. The van der Waals surface area contributed by atoms with Gasteiger partial charge in [-0.15, -0.1) is 0 Å². The van der Waals surface area contributed by atoms with Crippen molar-refractivity contribution >= 4 is 57.6 Å². The van der Waals surface area contributed by atoms with E-state index in [4.69, 9.17) is 33.3 Å². The summed E-state index contributed by atoms with van der Waals surface area (Å²) < 4.78 is 11.4. The number of thiocarbonyl (C=S) groups is 1. The molecule has 1 fully saturated rings. The number of non-ortho nitro benzene ring substituents is 1. The van der Waals surface area contributed by atoms with Crippen molar-refractivity contribution in [2.75, 3.05) is 7.11 Å². The molecule has 0 aliphatic carbocycles. The normalized spacial score (nSPS) is 14.5. The Morgan fingerprint density at radius 2 is 1.77 bits per heavy atom. The highest BCUT2D eigenvalue weighted by atomic mass is 35.5. The van der Waals surface area contributed by atoms with E-state index in [-0.39, 0.29) is 18.2 Å². The number of halogens is 1. The number of thioether (sulfide) groups is 1. The van der Waals surface area contributed by atoms with Gasteiger partial charge in [0, 0.05) is 12.1 Å². The van der Waals surface area contributed by atoms with Crippen LogP contribution in [-0.4, -0.2) is 27.2 Å². The quantitative estimate of drug-likeness (QED) is 0.149. The van der Waals surface area contributed by atoms with Crippen molar-refractivity contribution in [3.05, 3.63) is 103 Å². The van der Waals surface area contributed by atoms with Gasteiger partial charge in [0.15, 0.2) is 0 Å². The third kappa shape index (κ3) is 6.00. The number of nitro groups is 1. The van der Waals surface area contributed by atoms with Crippen LogP contribution in [0, 0.1) is 10.1 Å². The Kier molecular flexibility index (Phi) is 7.70. The summed E-state index contributed by atoms with van der Waals surface area (Å²) in [5, 5.41) is 11.2. The van der Waals surface area contributed by atoms with Crippen molar-refractivity contribution < 1.29 is 19.2 Å². The molecule has 0 unspecified atom stereocenters. The number of ether oxygens (including phenoxy) is 2. The number of nitro benzene ring substituents is 1. The molecule has 3 aromatic carbocycles. The summed E-state index contributed by atoms with van der Waals surface area (Å²) in [7, 11) is 1.60. The summed E-state index contributed by atoms with van der Waals surface area (Å²) in [6.07, 6.45) is 1.75. The Labute approximate surface area is 216 Å². The van der Waals surface area contributed by atoms with Crippen LogP contribution < -0.4 is 9.47 Å². The molecule has 3 aromatic rings. The molecule has 10 heteroatoms. The van der Waals surface area contributed by atoms with E-state index in [1.54, 1.807) is 48.4 Å². The highest BCUT2D eigenvalue weighted by Gasteiger charge is 2.32. The summed E-state index contributed by atoms with van der Waals surface area (Å²) in [6.45, 7) is 0.587. The van der Waals surface area contributed by atoms with E-state index in [9.17, 15) is 14.9 Å². The number of rotatable bonds is 8. The first-order valence-corrected chi connectivity index (χ1v) is 12.0. The van der Waals surface area contributed by atoms with Crippen LogP contribution in [0.1, 0.15) is 16.7 Å². The average molecular weight is 527 g/mol. The highest BCUT2D eigenvalue weighted by molar-refractivity contribution is 8.26. The lowest BCUT2D eigenvalue weighted by Crippen LogP contribution is -2.27. The molecule has 1 aliphatic rings. The van der Waals surface area contributed by atoms with Gasteiger partial charge in [0.2, 0.25) is 0 Å². The Morgan fingerprint density at radius 1 is 1.09 bits per heavy atom. The number of hydrogen-bond donors (Lipinski definition) is 0. The van der Waals surface area contributed by atoms with Crippen molar-refractivity contribution in [1.82, 2.24) is 4.90 Å². The van der Waals surface area contributed by atoms with Crippen LogP contribution in [0.4, 0.5) is 5.69 Å². The van der Waals surface area contributed by atoms with E-state index in [1.165, 1.54) is 23.9 Å². The molecule has 1 saturated heterocycles. The zero-order chi connectivity index (χ0) is 24.9. The van der Waals surface area contributed by atoms with Gasteiger partial charge in [-0.2, -0.15) is 0 Å². The first-order chi connectivity index (χ1) is 16.8. The highest BCUT2D eigenvalue weighted by Crippen LogP contribution is 2.35. The minimum absolute atomic E-state index is 0.0190. The number of amides is 1. The summed E-state index contributed by atoms with van der Waals surface area (Å²) in [6, 6.07) is 18.8. The number of hydrogen-bond acceptors (Lipinski definition) is 7. The first kappa shape index (κ1) is 24.7. The van der Waals surface area contributed by atoms with Gasteiger partial charge in [-0.3, -0.25) is 19.8 Å². The van der Waals surface area contributed by atoms with Gasteiger partial charge in [-0.05, 0) is 59.2 Å². The van der Waals surface area contributed by atoms with Crippen molar-refractivity contribution in [2.24, 2.45) is 0 Å². The predicted octanol–water partition coefficient (Wildman–Crippen LogP) is 6.24. The molecule has 178 valence electrons. The fourth-order valence-electron chi connectivity index (χ4n) is 3.30. The van der Waals surface area contributed by atoms with Crippen LogP contribution in [0.2, 0.25) is 5.02 Å². The number of methoxy groups -OCH3 is 1. The molecule has 1 heterocycles. The maximum absolute atomic E-state index is 12.9. The number of nitrogens with zero attached hydrogens (tertiary/aromatic N) is 2. The van der Waals surface area contributed by atoms with Gasteiger partial charge < -0.3 is 9.47 Å². The van der Waals surface area contributed by atoms with E-state index in [0.29, 0.717) is 26.5 Å². The maximum Gasteiger partial charge on any atom is 0.269 e. The van der Waals surface area contributed by atoms with Crippen molar-refractivity contribution in [2.45, 2.75) is 13.2 Å². The Balaban J connectivity index is 1.41. The Morgan fingerprint density at radius 3 is 2.40 bits per heavy atom. The molecule has 0 spiro atoms. The van der Waals surface area contributed by atoms with Gasteiger partial charge in [0.05, 0.1) is 28.5 Å². The largest absolute Gasteiger partial charge is 0.497 e. The smallest absolute Gasteiger partial charge is 0.269 e. The zero-order valence-corrected chi connectivity index (χ0v) is 20.9. The molecule has 0 bridgehead atoms. The lowest BCUT2D eigenvalue weighted by atomic mass is 10.2. The molecule has 0 N–H and O–H groups in total. The Hall–Kier alpha value is -3.40. The molecule has 4 rings (SSSR count). The van der Waals surface area contributed by atoms with Crippen LogP contribution in [0.3, 0.4) is 0 Å². The number of carbonyl (C=O) groups excluding carboxylic acids is 1. The van der Waals surface area contributed by atoms with E-state index < -0.39 is 4.92 Å². The van der Waals surface area contributed by atoms with Gasteiger partial charge >= 0.3 is 0 Å². The maximum atomic E-state index is 12.9. The monoisotopic (exact) mass is 526 g/mol. The molecule has 0 saturated carbocycles. The molecule has 35 heavy (non-hydrogen) atoms. The third-order valence-electron chi connectivity index (χ3n) is 5.17. The van der Waals surface area contributed by atoms with Crippen LogP contribution >= 0.6 is 35.6 Å². The molecule has 0 aromatic heterocycles. The molecule has 0 atom stereocenters. The predicted molar refractivity (Wildman–Crippen MR) is 141 cm³/mol. The van der Waals surface area contributed by atoms with E-state index >= 15 is 0 Å². The lowest BCUT2D eigenvalue weighted by molar-refractivity contribution is -0.384. The molecule has 0 radical (unpaired) electrons. The Bertz CT molecular complexity index is 1310. The van der Waals surface area contributed by atoms with Gasteiger partial charge in [-0.1, -0.05) is 53.8 Å². The van der Waals surface area contributed by atoms with Crippen LogP contribution in [0.15, 0.2) is 71.6 Å². The minimum atomic E-state index is -0.451. The fourth-order valence-corrected chi connectivity index (χ4v) is 4.80.